The van der Waals surface area contributed by atoms with Crippen LogP contribution < -0.4 is 4.74 Å². The van der Waals surface area contributed by atoms with Crippen LogP contribution in [0.25, 0.3) is 0 Å². The average Bonchev–Trinajstić information content (AvgIpc) is 2.31. The van der Waals surface area contributed by atoms with Crippen molar-refractivity contribution in [1.82, 2.24) is 0 Å². The minimum absolute atomic E-state index is 0.0906. The van der Waals surface area contributed by atoms with Gasteiger partial charge in [0.15, 0.2) is 0 Å². The van der Waals surface area contributed by atoms with Gasteiger partial charge in [-0.3, -0.25) is 10.1 Å². The molecule has 0 spiro atoms. The van der Waals surface area contributed by atoms with Gasteiger partial charge >= 0.3 is 0 Å². The van der Waals surface area contributed by atoms with Crippen LogP contribution in [0.2, 0.25) is 0 Å². The number of hydrogen-bond acceptors (Lipinski definition) is 3. The number of nitro groups is 1. The first-order valence-electron chi connectivity index (χ1n) is 6.02. The maximum absolute atomic E-state index is 10.3. The molecule has 0 aliphatic carbocycles. The Balaban J connectivity index is 0.000000770. The Morgan fingerprint density at radius 2 is 1.71 bits per heavy atom. The zero-order chi connectivity index (χ0) is 13.1. The van der Waals surface area contributed by atoms with E-state index in [1.807, 2.05) is 0 Å². The molecule has 0 heterocycles. The number of hydrogen-bond donors (Lipinski definition) is 0. The molecule has 0 fully saturated rings. The Bertz CT molecular complexity index is 309. The number of rotatable bonds is 5. The topological polar surface area (TPSA) is 52.4 Å². The fraction of sp³-hybridized carbons (Fsp3) is 0.538. The van der Waals surface area contributed by atoms with Crippen molar-refractivity contribution in [2.24, 2.45) is 0 Å². The third kappa shape index (κ3) is 7.33. The third-order valence-electron chi connectivity index (χ3n) is 1.81. The molecule has 0 atom stereocenters. The van der Waals surface area contributed by atoms with E-state index < -0.39 is 4.92 Å². The van der Waals surface area contributed by atoms with E-state index in [9.17, 15) is 10.1 Å². The molecule has 96 valence electrons. The fourth-order valence-electron chi connectivity index (χ4n) is 0.998. The SMILES string of the molecule is CCC.CCCCOc1ccc([N+](=O)[O-])cc1. The van der Waals surface area contributed by atoms with Crippen LogP contribution in [0.5, 0.6) is 5.75 Å². The molecule has 1 aromatic carbocycles. The Labute approximate surface area is 103 Å². The van der Waals surface area contributed by atoms with Gasteiger partial charge in [-0.25, -0.2) is 0 Å². The smallest absolute Gasteiger partial charge is 0.269 e. The Kier molecular flexibility index (Phi) is 8.74. The number of benzene rings is 1. The van der Waals surface area contributed by atoms with Crippen LogP contribution in [0.3, 0.4) is 0 Å². The van der Waals surface area contributed by atoms with Gasteiger partial charge in [-0.05, 0) is 18.6 Å². The van der Waals surface area contributed by atoms with Crippen molar-refractivity contribution in [1.29, 1.82) is 0 Å². The molecule has 4 nitrogen and oxygen atoms in total. The van der Waals surface area contributed by atoms with E-state index in [0.717, 1.165) is 12.8 Å². The highest BCUT2D eigenvalue weighted by Gasteiger charge is 2.03. The monoisotopic (exact) mass is 239 g/mol. The maximum Gasteiger partial charge on any atom is 0.269 e. The van der Waals surface area contributed by atoms with Crippen LogP contribution in [-0.2, 0) is 0 Å². The second-order valence-electron chi connectivity index (χ2n) is 3.66. The van der Waals surface area contributed by atoms with Gasteiger partial charge < -0.3 is 4.74 Å². The van der Waals surface area contributed by atoms with Gasteiger partial charge in [-0.1, -0.05) is 33.6 Å². The summed E-state index contributed by atoms with van der Waals surface area (Å²) in [6.45, 7) is 6.99. The van der Waals surface area contributed by atoms with Crippen molar-refractivity contribution in [3.8, 4) is 5.75 Å². The van der Waals surface area contributed by atoms with Crippen molar-refractivity contribution in [3.63, 3.8) is 0 Å². The first kappa shape index (κ1) is 15.4. The molecule has 0 bridgehead atoms. The number of nitro benzene ring substituents is 1. The fourth-order valence-corrected chi connectivity index (χ4v) is 0.998. The lowest BCUT2D eigenvalue weighted by molar-refractivity contribution is -0.384. The van der Waals surface area contributed by atoms with Crippen LogP contribution in [0.15, 0.2) is 24.3 Å². The number of non-ortho nitro benzene ring substituents is 1. The van der Waals surface area contributed by atoms with Crippen molar-refractivity contribution >= 4 is 5.69 Å². The molecule has 4 heteroatoms. The van der Waals surface area contributed by atoms with Crippen molar-refractivity contribution < 1.29 is 9.66 Å². The first-order valence-corrected chi connectivity index (χ1v) is 6.02. The highest BCUT2D eigenvalue weighted by Crippen LogP contribution is 2.17. The summed E-state index contributed by atoms with van der Waals surface area (Å²) in [5.41, 5.74) is 0.0906. The average molecular weight is 239 g/mol. The molecular formula is C13H21NO3. The molecule has 0 N–H and O–H groups in total. The summed E-state index contributed by atoms with van der Waals surface area (Å²) in [5, 5.41) is 10.3. The molecule has 0 aliphatic heterocycles. The summed E-state index contributed by atoms with van der Waals surface area (Å²) in [6.07, 6.45) is 3.32. The van der Waals surface area contributed by atoms with Crippen LogP contribution in [-0.4, -0.2) is 11.5 Å². The molecule has 0 amide bonds. The second-order valence-corrected chi connectivity index (χ2v) is 3.66. The van der Waals surface area contributed by atoms with Gasteiger partial charge in [0.05, 0.1) is 11.5 Å². The summed E-state index contributed by atoms with van der Waals surface area (Å²) in [5.74, 6) is 0.684. The van der Waals surface area contributed by atoms with E-state index >= 15 is 0 Å². The minimum atomic E-state index is -0.421. The van der Waals surface area contributed by atoms with E-state index in [4.69, 9.17) is 4.74 Å². The molecule has 0 saturated heterocycles. The lowest BCUT2D eigenvalue weighted by atomic mass is 10.3. The van der Waals surface area contributed by atoms with Gasteiger partial charge in [0.25, 0.3) is 5.69 Å². The molecule has 0 saturated carbocycles. The molecule has 0 radical (unpaired) electrons. The molecule has 0 unspecified atom stereocenters. The predicted octanol–water partition coefficient (Wildman–Crippen LogP) is 4.19. The number of ether oxygens (including phenoxy) is 1. The summed E-state index contributed by atoms with van der Waals surface area (Å²) < 4.78 is 5.36. The van der Waals surface area contributed by atoms with Crippen LogP contribution in [0, 0.1) is 10.1 Å². The third-order valence-corrected chi connectivity index (χ3v) is 1.81. The van der Waals surface area contributed by atoms with Gasteiger partial charge in [0.1, 0.15) is 5.75 Å². The minimum Gasteiger partial charge on any atom is -0.494 e. The maximum atomic E-state index is 10.3. The van der Waals surface area contributed by atoms with Gasteiger partial charge in [-0.15, -0.1) is 0 Å². The first-order chi connectivity index (χ1) is 8.15. The van der Waals surface area contributed by atoms with E-state index in [2.05, 4.69) is 20.8 Å². The number of unbranched alkanes of at least 4 members (excludes halogenated alkanes) is 1. The van der Waals surface area contributed by atoms with Crippen LogP contribution in [0.1, 0.15) is 40.0 Å². The lowest BCUT2D eigenvalue weighted by Crippen LogP contribution is -1.96. The van der Waals surface area contributed by atoms with Crippen molar-refractivity contribution in [2.75, 3.05) is 6.61 Å². The zero-order valence-electron chi connectivity index (χ0n) is 10.8. The summed E-state index contributed by atoms with van der Waals surface area (Å²) in [7, 11) is 0. The van der Waals surface area contributed by atoms with Crippen LogP contribution in [0.4, 0.5) is 5.69 Å². The van der Waals surface area contributed by atoms with E-state index in [1.54, 1.807) is 12.1 Å². The molecule has 0 aromatic heterocycles. The zero-order valence-corrected chi connectivity index (χ0v) is 10.8. The quantitative estimate of drug-likeness (QED) is 0.440. The largest absolute Gasteiger partial charge is 0.494 e. The van der Waals surface area contributed by atoms with E-state index in [-0.39, 0.29) is 5.69 Å². The van der Waals surface area contributed by atoms with Gasteiger partial charge in [-0.2, -0.15) is 0 Å². The van der Waals surface area contributed by atoms with E-state index in [1.165, 1.54) is 18.6 Å². The highest BCUT2D eigenvalue weighted by atomic mass is 16.6. The number of nitrogens with zero attached hydrogens (tertiary/aromatic N) is 1. The normalized spacial score (nSPS) is 9.12. The second kappa shape index (κ2) is 9.63. The Hall–Kier alpha value is -1.58. The lowest BCUT2D eigenvalue weighted by Gasteiger charge is -2.03. The van der Waals surface area contributed by atoms with Crippen molar-refractivity contribution in [2.45, 2.75) is 40.0 Å². The molecular weight excluding hydrogens is 218 g/mol. The summed E-state index contributed by atoms with van der Waals surface area (Å²) in [4.78, 5) is 9.92. The highest BCUT2D eigenvalue weighted by molar-refractivity contribution is 5.35. The van der Waals surface area contributed by atoms with Gasteiger partial charge in [0.2, 0.25) is 0 Å². The predicted molar refractivity (Wildman–Crippen MR) is 69.5 cm³/mol. The Morgan fingerprint density at radius 3 is 2.12 bits per heavy atom. The van der Waals surface area contributed by atoms with Gasteiger partial charge in [0, 0.05) is 12.1 Å². The summed E-state index contributed by atoms with van der Waals surface area (Å²) >= 11 is 0. The molecule has 0 aliphatic rings. The van der Waals surface area contributed by atoms with Crippen molar-refractivity contribution in [3.05, 3.63) is 34.4 Å². The van der Waals surface area contributed by atoms with Crippen LogP contribution >= 0.6 is 0 Å². The molecule has 1 rings (SSSR count). The molecule has 17 heavy (non-hydrogen) atoms. The van der Waals surface area contributed by atoms with E-state index in [0.29, 0.717) is 12.4 Å². The molecule has 1 aromatic rings. The standard InChI is InChI=1S/C10H13NO3.C3H8/c1-2-3-8-14-10-6-4-9(5-7-10)11(12)13;1-3-2/h4-7H,2-3,8H2,1H3;3H2,1-2H3. The Morgan fingerprint density at radius 1 is 1.18 bits per heavy atom. The summed E-state index contributed by atoms with van der Waals surface area (Å²) in [6, 6.07) is 6.13.